The van der Waals surface area contributed by atoms with Crippen LogP contribution in [0.5, 0.6) is 11.5 Å². The summed E-state index contributed by atoms with van der Waals surface area (Å²) in [6.45, 7) is 3.04. The lowest BCUT2D eigenvalue weighted by molar-refractivity contribution is -0.177. The fourth-order valence-corrected chi connectivity index (χ4v) is 6.32. The number of carboxylic acids is 1. The minimum absolute atomic E-state index is 0.0536. The Morgan fingerprint density at radius 1 is 1.29 bits per heavy atom. The van der Waals surface area contributed by atoms with Crippen molar-refractivity contribution in [2.24, 2.45) is 5.92 Å². The average molecular weight is 473 g/mol. The molecule has 2 aliphatic heterocycles. The van der Waals surface area contributed by atoms with Gasteiger partial charge in [0, 0.05) is 24.9 Å². The maximum absolute atomic E-state index is 12.9. The topological polar surface area (TPSA) is 143 Å². The van der Waals surface area contributed by atoms with Crippen LogP contribution >= 0.6 is 0 Å². The molecule has 1 aromatic carbocycles. The van der Waals surface area contributed by atoms with Gasteiger partial charge in [0.2, 0.25) is 6.10 Å². The maximum atomic E-state index is 12.9. The Labute approximate surface area is 195 Å². The van der Waals surface area contributed by atoms with E-state index in [2.05, 4.69) is 4.90 Å². The molecule has 1 spiro atoms. The van der Waals surface area contributed by atoms with Gasteiger partial charge in [-0.25, -0.2) is 4.79 Å². The van der Waals surface area contributed by atoms with E-state index in [1.165, 1.54) is 6.92 Å². The average Bonchev–Trinajstić information content (AvgIpc) is 3.13. The molecule has 1 aromatic rings. The van der Waals surface area contributed by atoms with Crippen LogP contribution < -0.4 is 4.74 Å². The lowest BCUT2D eigenvalue weighted by atomic mass is 9.50. The highest BCUT2D eigenvalue weighted by molar-refractivity contribution is 5.85. The Bertz CT molecular complexity index is 1130. The molecule has 5 rings (SSSR count). The third-order valence-corrected chi connectivity index (χ3v) is 7.93. The summed E-state index contributed by atoms with van der Waals surface area (Å²) < 4.78 is 16.7. The predicted octanol–water partition coefficient (Wildman–Crippen LogP) is 0.865. The quantitative estimate of drug-likeness (QED) is 0.527. The molecule has 182 valence electrons. The molecule has 2 aliphatic carbocycles. The van der Waals surface area contributed by atoms with Gasteiger partial charge < -0.3 is 34.4 Å². The van der Waals surface area contributed by atoms with E-state index in [4.69, 9.17) is 14.2 Å². The maximum Gasteiger partial charge on any atom is 0.345 e. The summed E-state index contributed by atoms with van der Waals surface area (Å²) in [5.41, 5.74) is -0.415. The van der Waals surface area contributed by atoms with Gasteiger partial charge in [-0.3, -0.25) is 9.59 Å². The Hall–Kier alpha value is -3.11. The largest absolute Gasteiger partial charge is 0.504 e. The third-order valence-electron chi connectivity index (χ3n) is 7.93. The molecule has 34 heavy (non-hydrogen) atoms. The van der Waals surface area contributed by atoms with Crippen LogP contribution in [-0.4, -0.2) is 75.6 Å². The van der Waals surface area contributed by atoms with Crippen LogP contribution in [-0.2, 0) is 35.7 Å². The van der Waals surface area contributed by atoms with Crippen LogP contribution in [0.1, 0.15) is 37.8 Å². The number of hydrogen-bond donors (Lipinski definition) is 3. The van der Waals surface area contributed by atoms with Gasteiger partial charge in [-0.15, -0.1) is 0 Å². The Balaban J connectivity index is 1.53. The van der Waals surface area contributed by atoms with E-state index in [1.807, 2.05) is 13.1 Å². The van der Waals surface area contributed by atoms with E-state index in [9.17, 15) is 29.7 Å². The second-order valence-electron chi connectivity index (χ2n) is 9.68. The number of rotatable bonds is 5. The number of likely N-dealkylation sites (tertiary alicyclic amines) is 1. The number of aliphatic hydroxyl groups is 1. The van der Waals surface area contributed by atoms with Gasteiger partial charge in [-0.1, -0.05) is 6.07 Å². The highest BCUT2D eigenvalue weighted by atomic mass is 16.6. The summed E-state index contributed by atoms with van der Waals surface area (Å²) >= 11 is 0. The fraction of sp³-hybridized carbons (Fsp3) is 0.542. The normalized spacial score (nSPS) is 32.5. The van der Waals surface area contributed by atoms with E-state index in [1.54, 1.807) is 12.1 Å². The lowest BCUT2D eigenvalue weighted by Gasteiger charge is -2.61. The number of nitrogens with zero attached hydrogens (tertiary/aromatic N) is 1. The first-order valence-corrected chi connectivity index (χ1v) is 11.3. The number of phenolic OH excluding ortho intramolecular Hbond substituents is 1. The number of benzene rings is 1. The lowest BCUT2D eigenvalue weighted by Crippen LogP contribution is -2.74. The van der Waals surface area contributed by atoms with Gasteiger partial charge in [-0.2, -0.15) is 0 Å². The number of carbonyl (C=O) groups is 3. The van der Waals surface area contributed by atoms with Crippen LogP contribution in [0, 0.1) is 5.92 Å². The monoisotopic (exact) mass is 473 g/mol. The van der Waals surface area contributed by atoms with Crippen molar-refractivity contribution < 1.29 is 43.9 Å². The van der Waals surface area contributed by atoms with Gasteiger partial charge in [0.15, 0.2) is 17.6 Å². The summed E-state index contributed by atoms with van der Waals surface area (Å²) in [5.74, 6) is -4.10. The number of esters is 2. The van der Waals surface area contributed by atoms with E-state index in [0.717, 1.165) is 18.1 Å². The van der Waals surface area contributed by atoms with Crippen molar-refractivity contribution >= 4 is 17.9 Å². The van der Waals surface area contributed by atoms with Crippen molar-refractivity contribution in [2.75, 3.05) is 13.6 Å². The van der Waals surface area contributed by atoms with Crippen LogP contribution in [0.15, 0.2) is 24.0 Å². The molecule has 0 unspecified atom stereocenters. The molecule has 1 fully saturated rings. The molecule has 10 heteroatoms. The number of hydrogen-bond acceptors (Lipinski definition) is 9. The number of likely N-dealkylation sites (N-methyl/N-ethyl adjacent to an activating group) is 1. The van der Waals surface area contributed by atoms with Crippen molar-refractivity contribution in [3.63, 3.8) is 0 Å². The number of piperidine rings is 1. The zero-order valence-corrected chi connectivity index (χ0v) is 19.1. The van der Waals surface area contributed by atoms with E-state index >= 15 is 0 Å². The molecular weight excluding hydrogens is 446 g/mol. The molecule has 2 heterocycles. The van der Waals surface area contributed by atoms with E-state index in [0.29, 0.717) is 19.4 Å². The smallest absolute Gasteiger partial charge is 0.345 e. The summed E-state index contributed by atoms with van der Waals surface area (Å²) in [6, 6.07) is 3.22. The minimum atomic E-state index is -1.70. The van der Waals surface area contributed by atoms with Gasteiger partial charge >= 0.3 is 17.9 Å². The second kappa shape index (κ2) is 7.44. The van der Waals surface area contributed by atoms with Gasteiger partial charge in [0.1, 0.15) is 11.7 Å². The van der Waals surface area contributed by atoms with Crippen LogP contribution in [0.4, 0.5) is 0 Å². The summed E-state index contributed by atoms with van der Waals surface area (Å²) in [4.78, 5) is 37.9. The van der Waals surface area contributed by atoms with Crippen LogP contribution in [0.25, 0.3) is 0 Å². The standard InChI is InChI=1S/C24H27NO9/c1-11(18(21(28)29)32-12(2)26)22(30)33-15-6-7-24(31)16-10-13-4-5-14(27)19-17(13)23(24,20(15)34-19)8-9-25(16)3/h4-6,11,16,18,20,27,31H,7-10H2,1-3H3,(H,28,29)/t11-,16+,18-,20-,23-,24+/m0/s1. The minimum Gasteiger partial charge on any atom is -0.504 e. The molecular formula is C24H27NO9. The Morgan fingerprint density at radius 3 is 2.71 bits per heavy atom. The van der Waals surface area contributed by atoms with Crippen LogP contribution in [0.3, 0.4) is 0 Å². The highest BCUT2D eigenvalue weighted by Crippen LogP contribution is 2.65. The van der Waals surface area contributed by atoms with Gasteiger partial charge in [0.05, 0.1) is 11.0 Å². The number of ether oxygens (including phenoxy) is 3. The molecule has 0 radical (unpaired) electrons. The van der Waals surface area contributed by atoms with Crippen LogP contribution in [0.2, 0.25) is 0 Å². The van der Waals surface area contributed by atoms with Crippen molar-refractivity contribution in [3.05, 3.63) is 35.1 Å². The molecule has 2 bridgehead atoms. The molecule has 0 amide bonds. The van der Waals surface area contributed by atoms with E-state index in [-0.39, 0.29) is 29.7 Å². The Morgan fingerprint density at radius 2 is 2.03 bits per heavy atom. The molecule has 3 N–H and O–H groups in total. The van der Waals surface area contributed by atoms with Gasteiger partial charge in [-0.05, 0) is 51.1 Å². The van der Waals surface area contributed by atoms with E-state index < -0.39 is 47.0 Å². The zero-order valence-electron chi connectivity index (χ0n) is 19.1. The molecule has 0 saturated carbocycles. The predicted molar refractivity (Wildman–Crippen MR) is 115 cm³/mol. The highest BCUT2D eigenvalue weighted by Gasteiger charge is 2.72. The molecule has 6 atom stereocenters. The number of aromatic hydroxyl groups is 1. The molecule has 1 saturated heterocycles. The van der Waals surface area contributed by atoms with Crippen molar-refractivity contribution in [1.29, 1.82) is 0 Å². The third kappa shape index (κ3) is 2.84. The number of carbonyl (C=O) groups excluding carboxylic acids is 2. The Kier molecular flexibility index (Phi) is 4.96. The number of carboxylic acid groups (broad SMARTS) is 1. The first-order valence-electron chi connectivity index (χ1n) is 11.3. The fourth-order valence-electron chi connectivity index (χ4n) is 6.32. The summed E-state index contributed by atoms with van der Waals surface area (Å²) in [5, 5.41) is 32.0. The first kappa shape index (κ1) is 22.7. The number of phenols is 1. The second-order valence-corrected chi connectivity index (χ2v) is 9.68. The summed E-state index contributed by atoms with van der Waals surface area (Å²) in [6.07, 6.45) is 0.327. The molecule has 0 aromatic heterocycles. The molecule has 4 aliphatic rings. The van der Waals surface area contributed by atoms with Crippen molar-refractivity contribution in [3.8, 4) is 11.5 Å². The SMILES string of the molecule is CC(=O)O[C@H](C(=O)O)[C@H](C)C(=O)OC1=CC[C@@]2(O)[C@H]3Cc4ccc(O)c5c4[C@@]2(CCN3C)[C@H]1O5. The van der Waals surface area contributed by atoms with Crippen molar-refractivity contribution in [1.82, 2.24) is 4.90 Å². The summed E-state index contributed by atoms with van der Waals surface area (Å²) in [7, 11) is 1.97. The van der Waals surface area contributed by atoms with Gasteiger partial charge in [0.25, 0.3) is 0 Å². The first-order chi connectivity index (χ1) is 16.0. The number of aliphatic carboxylic acids is 1. The molecule has 10 nitrogen and oxygen atoms in total. The zero-order chi connectivity index (χ0) is 24.6. The van der Waals surface area contributed by atoms with Crippen molar-refractivity contribution in [2.45, 2.75) is 62.4 Å².